The van der Waals surface area contributed by atoms with Crippen molar-refractivity contribution in [2.24, 2.45) is 23.7 Å². The molecule has 166 valence electrons. The molecule has 0 saturated heterocycles. The number of nitrogens with zero attached hydrogens (tertiary/aromatic N) is 2. The Labute approximate surface area is 187 Å². The molecule has 1 aromatic carbocycles. The summed E-state index contributed by atoms with van der Waals surface area (Å²) in [5, 5.41) is 3.94. The number of amides is 1. The van der Waals surface area contributed by atoms with Gasteiger partial charge in [0, 0.05) is 23.6 Å². The summed E-state index contributed by atoms with van der Waals surface area (Å²) in [4.78, 5) is 21.4. The molecule has 5 nitrogen and oxygen atoms in total. The van der Waals surface area contributed by atoms with Gasteiger partial charge in [-0.2, -0.15) is 0 Å². The van der Waals surface area contributed by atoms with Crippen LogP contribution in [0.2, 0.25) is 0 Å². The summed E-state index contributed by atoms with van der Waals surface area (Å²) in [6.45, 7) is 2.04. The van der Waals surface area contributed by atoms with E-state index in [9.17, 15) is 9.18 Å². The molecule has 2 aliphatic rings. The number of nitrogens with one attached hydrogen (secondary N) is 1. The van der Waals surface area contributed by atoms with Gasteiger partial charge in [0.1, 0.15) is 5.82 Å². The quantitative estimate of drug-likeness (QED) is 0.571. The number of rotatable bonds is 5. The zero-order valence-electron chi connectivity index (χ0n) is 18.4. The van der Waals surface area contributed by atoms with Gasteiger partial charge in [-0.1, -0.05) is 6.92 Å². The van der Waals surface area contributed by atoms with Gasteiger partial charge in [0.05, 0.1) is 24.5 Å². The molecule has 0 bridgehead atoms. The average Bonchev–Trinajstić information content (AvgIpc) is 3.38. The van der Waals surface area contributed by atoms with Crippen LogP contribution in [-0.4, -0.2) is 23.0 Å². The normalized spacial score (nSPS) is 25.5. The highest BCUT2D eigenvalue weighted by Crippen LogP contribution is 2.54. The largest absolute Gasteiger partial charge is 0.481 e. The first-order valence-electron chi connectivity index (χ1n) is 11.4. The Morgan fingerprint density at radius 2 is 1.88 bits per heavy atom. The predicted molar refractivity (Wildman–Crippen MR) is 122 cm³/mol. The van der Waals surface area contributed by atoms with Crippen molar-refractivity contribution >= 4 is 22.5 Å². The van der Waals surface area contributed by atoms with Gasteiger partial charge < -0.3 is 10.1 Å². The smallest absolute Gasteiger partial charge is 0.227 e. The van der Waals surface area contributed by atoms with Gasteiger partial charge in [0.25, 0.3) is 0 Å². The lowest BCUT2D eigenvalue weighted by atomic mass is 9.86. The number of anilines is 1. The van der Waals surface area contributed by atoms with Crippen molar-refractivity contribution in [3.8, 4) is 5.88 Å². The van der Waals surface area contributed by atoms with E-state index in [0.717, 1.165) is 36.6 Å². The van der Waals surface area contributed by atoms with Crippen LogP contribution in [-0.2, 0) is 4.79 Å². The summed E-state index contributed by atoms with van der Waals surface area (Å²) in [6, 6.07) is 10.5. The Hall–Kier alpha value is -3.02. The molecule has 2 aliphatic carbocycles. The summed E-state index contributed by atoms with van der Waals surface area (Å²) < 4.78 is 18.9. The van der Waals surface area contributed by atoms with Crippen LogP contribution < -0.4 is 10.1 Å². The SMILES string of the molecule is COc1ccc(NC(=O)[C@H](C)C2C[C@H]3CC(c4ccnc5ccc(F)cc45)C[C@H]3C2)cn1. The van der Waals surface area contributed by atoms with Crippen molar-refractivity contribution < 1.29 is 13.9 Å². The van der Waals surface area contributed by atoms with E-state index in [4.69, 9.17) is 4.74 Å². The van der Waals surface area contributed by atoms with E-state index >= 15 is 0 Å². The molecule has 2 saturated carbocycles. The van der Waals surface area contributed by atoms with Crippen LogP contribution in [0.25, 0.3) is 10.9 Å². The Balaban J connectivity index is 1.23. The zero-order valence-corrected chi connectivity index (χ0v) is 18.4. The van der Waals surface area contributed by atoms with Gasteiger partial charge in [-0.25, -0.2) is 9.37 Å². The fourth-order valence-electron chi connectivity index (χ4n) is 5.87. The van der Waals surface area contributed by atoms with Crippen LogP contribution in [0, 0.1) is 29.5 Å². The van der Waals surface area contributed by atoms with Crippen LogP contribution >= 0.6 is 0 Å². The van der Waals surface area contributed by atoms with E-state index in [-0.39, 0.29) is 17.6 Å². The van der Waals surface area contributed by atoms with E-state index in [2.05, 4.69) is 21.4 Å². The number of carbonyl (C=O) groups excluding carboxylic acids is 1. The molecule has 5 atom stereocenters. The fraction of sp³-hybridized carbons (Fsp3) is 0.423. The maximum absolute atomic E-state index is 13.9. The molecular weight excluding hydrogens is 405 g/mol. The number of pyridine rings is 2. The fourth-order valence-corrected chi connectivity index (χ4v) is 5.87. The summed E-state index contributed by atoms with van der Waals surface area (Å²) >= 11 is 0. The van der Waals surface area contributed by atoms with E-state index in [1.807, 2.05) is 19.2 Å². The van der Waals surface area contributed by atoms with Crippen molar-refractivity contribution in [2.75, 3.05) is 12.4 Å². The number of benzene rings is 1. The van der Waals surface area contributed by atoms with Crippen molar-refractivity contribution in [3.05, 3.63) is 60.2 Å². The summed E-state index contributed by atoms with van der Waals surface area (Å²) in [7, 11) is 1.57. The minimum atomic E-state index is -0.211. The van der Waals surface area contributed by atoms with Gasteiger partial charge in [-0.05, 0) is 85.3 Å². The van der Waals surface area contributed by atoms with Gasteiger partial charge in [-0.3, -0.25) is 9.78 Å². The monoisotopic (exact) mass is 433 g/mol. The Bertz CT molecular complexity index is 1120. The molecule has 32 heavy (non-hydrogen) atoms. The lowest BCUT2D eigenvalue weighted by Gasteiger charge is -2.21. The van der Waals surface area contributed by atoms with Gasteiger partial charge >= 0.3 is 0 Å². The first kappa shape index (κ1) is 20.9. The van der Waals surface area contributed by atoms with Crippen LogP contribution in [0.4, 0.5) is 10.1 Å². The second-order valence-corrected chi connectivity index (χ2v) is 9.35. The maximum atomic E-state index is 13.9. The van der Waals surface area contributed by atoms with E-state index in [1.165, 1.54) is 11.6 Å². The number of methoxy groups -OCH3 is 1. The molecule has 0 aliphatic heterocycles. The predicted octanol–water partition coefficient (Wildman–Crippen LogP) is 5.57. The Morgan fingerprint density at radius 3 is 2.56 bits per heavy atom. The van der Waals surface area contributed by atoms with Gasteiger partial charge in [0.2, 0.25) is 11.8 Å². The standard InChI is InChI=1S/C26H28FN3O2/c1-15(26(31)30-21-4-6-25(32-2)29-14-21)16-9-17-11-19(12-18(17)10-16)22-7-8-28-24-5-3-20(27)13-23(22)24/h3-8,13-19H,9-12H2,1-2H3,(H,30,31)/t15-,16?,17-,18+,19?/m1/s1. The average molecular weight is 434 g/mol. The van der Waals surface area contributed by atoms with Gasteiger partial charge in [0.15, 0.2) is 0 Å². The molecule has 3 aromatic rings. The number of carbonyl (C=O) groups is 1. The van der Waals surface area contributed by atoms with E-state index < -0.39 is 0 Å². The highest BCUT2D eigenvalue weighted by molar-refractivity contribution is 5.92. The van der Waals surface area contributed by atoms with E-state index in [1.54, 1.807) is 31.5 Å². The molecule has 6 heteroatoms. The number of ether oxygens (including phenoxy) is 1. The molecule has 1 N–H and O–H groups in total. The molecular formula is C26H28FN3O2. The molecule has 2 fully saturated rings. The Morgan fingerprint density at radius 1 is 1.09 bits per heavy atom. The first-order valence-corrected chi connectivity index (χ1v) is 11.4. The second kappa shape index (κ2) is 8.49. The molecule has 2 unspecified atom stereocenters. The third kappa shape index (κ3) is 3.94. The van der Waals surface area contributed by atoms with Crippen molar-refractivity contribution in [1.82, 2.24) is 9.97 Å². The van der Waals surface area contributed by atoms with Crippen LogP contribution in [0.5, 0.6) is 5.88 Å². The molecule has 1 amide bonds. The lowest BCUT2D eigenvalue weighted by Crippen LogP contribution is -2.26. The number of aromatic nitrogens is 2. The van der Waals surface area contributed by atoms with Crippen LogP contribution in [0.3, 0.4) is 0 Å². The molecule has 0 spiro atoms. The minimum absolute atomic E-state index is 0.0444. The van der Waals surface area contributed by atoms with Crippen molar-refractivity contribution in [1.29, 1.82) is 0 Å². The number of fused-ring (bicyclic) bond motifs is 2. The third-order valence-electron chi connectivity index (χ3n) is 7.56. The minimum Gasteiger partial charge on any atom is -0.481 e. The molecule has 2 heterocycles. The van der Waals surface area contributed by atoms with Crippen LogP contribution in [0.15, 0.2) is 48.8 Å². The number of hydrogen-bond acceptors (Lipinski definition) is 4. The maximum Gasteiger partial charge on any atom is 0.227 e. The zero-order chi connectivity index (χ0) is 22.2. The summed E-state index contributed by atoms with van der Waals surface area (Å²) in [5.41, 5.74) is 2.77. The summed E-state index contributed by atoms with van der Waals surface area (Å²) in [5.74, 6) is 2.40. The number of hydrogen-bond donors (Lipinski definition) is 1. The Kier molecular flexibility index (Phi) is 5.53. The van der Waals surface area contributed by atoms with Crippen LogP contribution in [0.1, 0.15) is 44.1 Å². The summed E-state index contributed by atoms with van der Waals surface area (Å²) in [6.07, 6.45) is 7.83. The molecule has 5 rings (SSSR count). The van der Waals surface area contributed by atoms with Crippen molar-refractivity contribution in [2.45, 2.75) is 38.5 Å². The highest BCUT2D eigenvalue weighted by atomic mass is 19.1. The second-order valence-electron chi connectivity index (χ2n) is 9.35. The molecule has 2 aromatic heterocycles. The molecule has 0 radical (unpaired) electrons. The topological polar surface area (TPSA) is 64.1 Å². The third-order valence-corrected chi connectivity index (χ3v) is 7.56. The van der Waals surface area contributed by atoms with Crippen molar-refractivity contribution in [3.63, 3.8) is 0 Å². The lowest BCUT2D eigenvalue weighted by molar-refractivity contribution is -0.120. The number of halogens is 1. The highest BCUT2D eigenvalue weighted by Gasteiger charge is 2.44. The van der Waals surface area contributed by atoms with Gasteiger partial charge in [-0.15, -0.1) is 0 Å². The first-order chi connectivity index (χ1) is 15.5. The van der Waals surface area contributed by atoms with E-state index in [0.29, 0.717) is 35.2 Å².